The van der Waals surface area contributed by atoms with Gasteiger partial charge in [0.25, 0.3) is 0 Å². The van der Waals surface area contributed by atoms with E-state index >= 15 is 0 Å². The van der Waals surface area contributed by atoms with Crippen LogP contribution in [0.5, 0.6) is 0 Å². The van der Waals surface area contributed by atoms with Crippen molar-refractivity contribution in [2.75, 3.05) is 11.9 Å². The van der Waals surface area contributed by atoms with Gasteiger partial charge < -0.3 is 5.32 Å². The summed E-state index contributed by atoms with van der Waals surface area (Å²) >= 11 is 5.96. The molecule has 0 amide bonds. The second-order valence-corrected chi connectivity index (χ2v) is 4.62. The number of benzene rings is 1. The zero-order valence-corrected chi connectivity index (χ0v) is 11.5. The van der Waals surface area contributed by atoms with E-state index in [0.717, 1.165) is 25.1 Å². The number of hydrogen-bond donors (Lipinski definition) is 1. The zero-order valence-electron chi connectivity index (χ0n) is 10.7. The second kappa shape index (κ2) is 5.75. The lowest BCUT2D eigenvalue weighted by Gasteiger charge is -2.13. The fourth-order valence-electron chi connectivity index (χ4n) is 1.74. The van der Waals surface area contributed by atoms with Gasteiger partial charge in [-0.05, 0) is 24.6 Å². The minimum Gasteiger partial charge on any atom is -0.355 e. The van der Waals surface area contributed by atoms with E-state index in [4.69, 9.17) is 11.6 Å². The van der Waals surface area contributed by atoms with Gasteiger partial charge in [0.2, 0.25) is 5.95 Å². The van der Waals surface area contributed by atoms with Crippen LogP contribution < -0.4 is 5.32 Å². The van der Waals surface area contributed by atoms with Gasteiger partial charge in [-0.15, -0.1) is 0 Å². The van der Waals surface area contributed by atoms with Crippen molar-refractivity contribution in [2.24, 2.45) is 0 Å². The van der Waals surface area contributed by atoms with Crippen molar-refractivity contribution in [3.8, 4) is 5.69 Å². The van der Waals surface area contributed by atoms with Crippen LogP contribution in [0, 0.1) is 0 Å². The third-order valence-electron chi connectivity index (χ3n) is 2.71. The molecule has 7 heteroatoms. The number of imidazole rings is 1. The number of nitrogens with zero attached hydrogens (tertiary/aromatic N) is 2. The number of aromatic nitrogens is 2. The summed E-state index contributed by atoms with van der Waals surface area (Å²) in [5.41, 5.74) is -0.315. The molecular weight excluding hydrogens is 291 g/mol. The van der Waals surface area contributed by atoms with E-state index in [0.29, 0.717) is 11.6 Å². The van der Waals surface area contributed by atoms with Crippen molar-refractivity contribution < 1.29 is 13.2 Å². The molecular formula is C13H13ClF3N3. The molecule has 2 aromatic rings. The standard InChI is InChI=1S/C13H13ClF3N3/c1-2-5-18-12-19-6-7-20(12)11-4-3-9(8-10(11)14)13(15,16)17/h3-4,6-8H,2,5H2,1H3,(H,18,19). The first-order chi connectivity index (χ1) is 9.43. The number of alkyl halides is 3. The third-order valence-corrected chi connectivity index (χ3v) is 3.01. The average molecular weight is 304 g/mol. The molecule has 0 unspecified atom stereocenters. The molecule has 0 aliphatic carbocycles. The van der Waals surface area contributed by atoms with E-state index in [2.05, 4.69) is 10.3 Å². The van der Waals surface area contributed by atoms with Crippen LogP contribution in [0.3, 0.4) is 0 Å². The van der Waals surface area contributed by atoms with E-state index in [1.54, 1.807) is 17.0 Å². The predicted octanol–water partition coefficient (Wildman–Crippen LogP) is 4.37. The monoisotopic (exact) mass is 303 g/mol. The van der Waals surface area contributed by atoms with Gasteiger partial charge in [-0.25, -0.2) is 4.98 Å². The van der Waals surface area contributed by atoms with Gasteiger partial charge in [0.15, 0.2) is 0 Å². The van der Waals surface area contributed by atoms with Gasteiger partial charge in [-0.3, -0.25) is 4.57 Å². The Morgan fingerprint density at radius 1 is 1.35 bits per heavy atom. The van der Waals surface area contributed by atoms with Crippen molar-refractivity contribution in [3.05, 3.63) is 41.2 Å². The molecule has 0 fully saturated rings. The molecule has 0 atom stereocenters. The first kappa shape index (κ1) is 14.7. The first-order valence-electron chi connectivity index (χ1n) is 6.08. The van der Waals surface area contributed by atoms with Gasteiger partial charge in [0.05, 0.1) is 16.3 Å². The van der Waals surface area contributed by atoms with Crippen LogP contribution >= 0.6 is 11.6 Å². The minimum atomic E-state index is -4.40. The molecule has 20 heavy (non-hydrogen) atoms. The molecule has 1 aromatic heterocycles. The lowest BCUT2D eigenvalue weighted by Crippen LogP contribution is -2.08. The SMILES string of the molecule is CCCNc1nccn1-c1ccc(C(F)(F)F)cc1Cl. The van der Waals surface area contributed by atoms with Crippen molar-refractivity contribution in [1.82, 2.24) is 9.55 Å². The molecule has 1 N–H and O–H groups in total. The molecule has 2 rings (SSSR count). The fourth-order valence-corrected chi connectivity index (χ4v) is 2.02. The Hall–Kier alpha value is -1.69. The quantitative estimate of drug-likeness (QED) is 0.909. The highest BCUT2D eigenvalue weighted by Gasteiger charge is 2.31. The molecule has 108 valence electrons. The predicted molar refractivity (Wildman–Crippen MR) is 72.4 cm³/mol. The summed E-state index contributed by atoms with van der Waals surface area (Å²) < 4.78 is 39.4. The fraction of sp³-hybridized carbons (Fsp3) is 0.308. The maximum absolute atomic E-state index is 12.6. The van der Waals surface area contributed by atoms with Crippen LogP contribution in [-0.2, 0) is 6.18 Å². The first-order valence-corrected chi connectivity index (χ1v) is 6.45. The van der Waals surface area contributed by atoms with Gasteiger partial charge in [-0.2, -0.15) is 13.2 Å². The topological polar surface area (TPSA) is 29.9 Å². The Bertz CT molecular complexity index is 593. The van der Waals surface area contributed by atoms with Crippen LogP contribution in [0.15, 0.2) is 30.6 Å². The Labute approximate surface area is 119 Å². The van der Waals surface area contributed by atoms with Crippen molar-refractivity contribution in [3.63, 3.8) is 0 Å². The van der Waals surface area contributed by atoms with Gasteiger partial charge in [0, 0.05) is 18.9 Å². The molecule has 0 radical (unpaired) electrons. The maximum atomic E-state index is 12.6. The van der Waals surface area contributed by atoms with Crippen molar-refractivity contribution in [1.29, 1.82) is 0 Å². The molecule has 1 aromatic carbocycles. The average Bonchev–Trinajstić information content (AvgIpc) is 2.83. The molecule has 0 aliphatic rings. The highest BCUT2D eigenvalue weighted by atomic mass is 35.5. The molecule has 0 saturated heterocycles. The van der Waals surface area contributed by atoms with Crippen LogP contribution in [-0.4, -0.2) is 16.1 Å². The summed E-state index contributed by atoms with van der Waals surface area (Å²) in [4.78, 5) is 4.11. The van der Waals surface area contributed by atoms with E-state index in [1.807, 2.05) is 6.92 Å². The lowest BCUT2D eigenvalue weighted by molar-refractivity contribution is -0.137. The summed E-state index contributed by atoms with van der Waals surface area (Å²) in [6.07, 6.45) is -0.285. The zero-order chi connectivity index (χ0) is 14.8. The lowest BCUT2D eigenvalue weighted by atomic mass is 10.2. The molecule has 0 aliphatic heterocycles. The highest BCUT2D eigenvalue weighted by Crippen LogP contribution is 2.33. The van der Waals surface area contributed by atoms with Crippen LogP contribution in [0.1, 0.15) is 18.9 Å². The van der Waals surface area contributed by atoms with Crippen LogP contribution in [0.2, 0.25) is 5.02 Å². The number of anilines is 1. The molecule has 0 saturated carbocycles. The summed E-state index contributed by atoms with van der Waals surface area (Å²) in [6, 6.07) is 3.26. The number of rotatable bonds is 4. The molecule has 0 bridgehead atoms. The van der Waals surface area contributed by atoms with E-state index in [1.165, 1.54) is 6.07 Å². The third kappa shape index (κ3) is 3.07. The summed E-state index contributed by atoms with van der Waals surface area (Å²) in [5, 5.41) is 3.11. The van der Waals surface area contributed by atoms with E-state index in [9.17, 15) is 13.2 Å². The van der Waals surface area contributed by atoms with Crippen LogP contribution in [0.25, 0.3) is 5.69 Å². The minimum absolute atomic E-state index is 0.0253. The summed E-state index contributed by atoms with van der Waals surface area (Å²) in [5.74, 6) is 0.550. The van der Waals surface area contributed by atoms with Crippen molar-refractivity contribution in [2.45, 2.75) is 19.5 Å². The van der Waals surface area contributed by atoms with Gasteiger partial charge >= 0.3 is 6.18 Å². The molecule has 0 spiro atoms. The van der Waals surface area contributed by atoms with Crippen molar-refractivity contribution >= 4 is 17.5 Å². The number of nitrogens with one attached hydrogen (secondary N) is 1. The van der Waals surface area contributed by atoms with E-state index in [-0.39, 0.29) is 5.02 Å². The smallest absolute Gasteiger partial charge is 0.355 e. The molecule has 1 heterocycles. The Balaban J connectivity index is 2.37. The number of halogens is 4. The van der Waals surface area contributed by atoms with Crippen LogP contribution in [0.4, 0.5) is 19.1 Å². The van der Waals surface area contributed by atoms with E-state index < -0.39 is 11.7 Å². The Morgan fingerprint density at radius 3 is 2.70 bits per heavy atom. The maximum Gasteiger partial charge on any atom is 0.416 e. The highest BCUT2D eigenvalue weighted by molar-refractivity contribution is 6.32. The summed E-state index contributed by atoms with van der Waals surface area (Å²) in [6.45, 7) is 2.72. The van der Waals surface area contributed by atoms with Gasteiger partial charge in [-0.1, -0.05) is 18.5 Å². The number of hydrogen-bond acceptors (Lipinski definition) is 2. The summed E-state index contributed by atoms with van der Waals surface area (Å²) in [7, 11) is 0. The molecule has 3 nitrogen and oxygen atoms in total. The Kier molecular flexibility index (Phi) is 4.23. The largest absolute Gasteiger partial charge is 0.416 e. The normalized spacial score (nSPS) is 11.7. The second-order valence-electron chi connectivity index (χ2n) is 4.21. The Morgan fingerprint density at radius 2 is 2.10 bits per heavy atom. The van der Waals surface area contributed by atoms with Gasteiger partial charge in [0.1, 0.15) is 0 Å².